The van der Waals surface area contributed by atoms with Gasteiger partial charge in [0.15, 0.2) is 16.8 Å². The van der Waals surface area contributed by atoms with Crippen LogP contribution < -0.4 is 0 Å². The molecule has 0 spiro atoms. The Bertz CT molecular complexity index is 1010. The summed E-state index contributed by atoms with van der Waals surface area (Å²) in [7, 11) is 3.51. The van der Waals surface area contributed by atoms with Gasteiger partial charge in [-0.2, -0.15) is 0 Å². The van der Waals surface area contributed by atoms with Crippen LogP contribution >= 0.6 is 11.8 Å². The average molecular weight is 417 g/mol. The van der Waals surface area contributed by atoms with E-state index < -0.39 is 0 Å². The number of ketones is 1. The van der Waals surface area contributed by atoms with Crippen molar-refractivity contribution in [3.05, 3.63) is 53.1 Å². The molecule has 1 aromatic carbocycles. The quantitative estimate of drug-likeness (QED) is 0.406. The van der Waals surface area contributed by atoms with Crippen LogP contribution in [0.1, 0.15) is 34.7 Å². The van der Waals surface area contributed by atoms with Crippen LogP contribution in [0.4, 0.5) is 4.39 Å². The summed E-state index contributed by atoms with van der Waals surface area (Å²) >= 11 is 1.34. The number of Topliss-reactive ketones (excluding diaryl/α,β-unsaturated/α-hetero) is 1. The lowest BCUT2D eigenvalue weighted by Crippen LogP contribution is -2.14. The van der Waals surface area contributed by atoms with Gasteiger partial charge in [-0.05, 0) is 51.1 Å². The van der Waals surface area contributed by atoms with Crippen LogP contribution in [-0.2, 0) is 11.8 Å². The number of halogens is 1. The molecule has 3 aromatic rings. The van der Waals surface area contributed by atoms with Crippen molar-refractivity contribution in [2.45, 2.75) is 32.0 Å². The summed E-state index contributed by atoms with van der Waals surface area (Å²) in [5.41, 5.74) is 3.48. The molecular formula is C21H25FN4O2S. The third-order valence-electron chi connectivity index (χ3n) is 4.90. The Balaban J connectivity index is 1.73. The Hall–Kier alpha value is -2.45. The van der Waals surface area contributed by atoms with E-state index in [9.17, 15) is 9.18 Å². The molecule has 1 unspecified atom stereocenters. The summed E-state index contributed by atoms with van der Waals surface area (Å²) in [6.45, 7) is 6.62. The number of benzene rings is 1. The second kappa shape index (κ2) is 8.92. The Kier molecular flexibility index (Phi) is 6.54. The van der Waals surface area contributed by atoms with E-state index in [1.807, 2.05) is 31.5 Å². The number of hydrogen-bond acceptors (Lipinski definition) is 5. The molecule has 0 amide bonds. The monoisotopic (exact) mass is 416 g/mol. The van der Waals surface area contributed by atoms with Gasteiger partial charge < -0.3 is 13.9 Å². The molecule has 29 heavy (non-hydrogen) atoms. The lowest BCUT2D eigenvalue weighted by molar-refractivity contribution is 0.102. The molecule has 0 radical (unpaired) electrons. The van der Waals surface area contributed by atoms with Gasteiger partial charge in [0.25, 0.3) is 0 Å². The Morgan fingerprint density at radius 3 is 2.59 bits per heavy atom. The minimum Gasteiger partial charge on any atom is -0.383 e. The standard InChI is InChI=1S/C21H25FN4O2S/c1-13-10-18(15(3)26(13)14(2)11-28-5)19(27)12-29-21-24-23-20(25(21)4)16-6-8-17(22)9-7-16/h6-10,14H,11-12H2,1-5H3. The summed E-state index contributed by atoms with van der Waals surface area (Å²) in [5, 5.41) is 9.01. The lowest BCUT2D eigenvalue weighted by Gasteiger charge is -2.17. The smallest absolute Gasteiger partial charge is 0.191 e. The molecule has 1 atom stereocenters. The predicted octanol–water partition coefficient (Wildman–Crippen LogP) is 4.22. The van der Waals surface area contributed by atoms with Gasteiger partial charge in [0, 0.05) is 36.7 Å². The highest BCUT2D eigenvalue weighted by Crippen LogP contribution is 2.26. The van der Waals surface area contributed by atoms with Crippen molar-refractivity contribution in [3.63, 3.8) is 0 Å². The fourth-order valence-electron chi connectivity index (χ4n) is 3.55. The van der Waals surface area contributed by atoms with E-state index in [0.717, 1.165) is 22.5 Å². The van der Waals surface area contributed by atoms with Crippen molar-refractivity contribution in [1.29, 1.82) is 0 Å². The Morgan fingerprint density at radius 2 is 1.93 bits per heavy atom. The molecule has 0 aliphatic carbocycles. The summed E-state index contributed by atoms with van der Waals surface area (Å²) < 4.78 is 22.3. The molecule has 0 N–H and O–H groups in total. The van der Waals surface area contributed by atoms with E-state index in [0.29, 0.717) is 17.6 Å². The number of ether oxygens (including phenoxy) is 1. The number of carbonyl (C=O) groups excluding carboxylic acids is 1. The van der Waals surface area contributed by atoms with E-state index in [1.54, 1.807) is 19.2 Å². The van der Waals surface area contributed by atoms with Gasteiger partial charge in [-0.1, -0.05) is 11.8 Å². The van der Waals surface area contributed by atoms with Crippen molar-refractivity contribution in [2.75, 3.05) is 19.5 Å². The zero-order valence-corrected chi connectivity index (χ0v) is 18.1. The first-order chi connectivity index (χ1) is 13.8. The molecule has 6 nitrogen and oxygen atoms in total. The van der Waals surface area contributed by atoms with Crippen LogP contribution in [0, 0.1) is 19.7 Å². The lowest BCUT2D eigenvalue weighted by atomic mass is 10.2. The first-order valence-corrected chi connectivity index (χ1v) is 10.3. The third kappa shape index (κ3) is 4.43. The molecule has 0 aliphatic rings. The zero-order valence-electron chi connectivity index (χ0n) is 17.3. The van der Waals surface area contributed by atoms with Gasteiger partial charge in [-0.25, -0.2) is 4.39 Å². The minimum absolute atomic E-state index is 0.0466. The van der Waals surface area contributed by atoms with Gasteiger partial charge >= 0.3 is 0 Å². The minimum atomic E-state index is -0.298. The van der Waals surface area contributed by atoms with Gasteiger partial charge in [0.1, 0.15) is 5.82 Å². The van der Waals surface area contributed by atoms with Crippen LogP contribution in [0.2, 0.25) is 0 Å². The van der Waals surface area contributed by atoms with Crippen LogP contribution in [0.15, 0.2) is 35.5 Å². The number of aryl methyl sites for hydroxylation is 1. The first-order valence-electron chi connectivity index (χ1n) is 9.32. The zero-order chi connectivity index (χ0) is 21.1. The summed E-state index contributed by atoms with van der Waals surface area (Å²) in [5.74, 6) is 0.642. The molecule has 0 aliphatic heterocycles. The Labute approximate surface area is 174 Å². The largest absolute Gasteiger partial charge is 0.383 e. The number of aromatic nitrogens is 4. The number of thioether (sulfide) groups is 1. The molecule has 8 heteroatoms. The van der Waals surface area contributed by atoms with Gasteiger partial charge in [0.05, 0.1) is 18.4 Å². The molecule has 2 heterocycles. The summed E-state index contributed by atoms with van der Waals surface area (Å²) in [6.07, 6.45) is 0. The summed E-state index contributed by atoms with van der Waals surface area (Å²) in [6, 6.07) is 8.20. The molecule has 2 aromatic heterocycles. The maximum atomic E-state index is 13.1. The van der Waals surface area contributed by atoms with E-state index >= 15 is 0 Å². The maximum Gasteiger partial charge on any atom is 0.191 e. The van der Waals surface area contributed by atoms with Crippen LogP contribution in [0.3, 0.4) is 0 Å². The van der Waals surface area contributed by atoms with Crippen LogP contribution in [0.5, 0.6) is 0 Å². The van der Waals surface area contributed by atoms with E-state index in [2.05, 4.69) is 21.7 Å². The van der Waals surface area contributed by atoms with Gasteiger partial charge in [0.2, 0.25) is 0 Å². The van der Waals surface area contributed by atoms with E-state index in [4.69, 9.17) is 4.74 Å². The molecule has 3 rings (SSSR count). The van der Waals surface area contributed by atoms with Crippen molar-refractivity contribution >= 4 is 17.5 Å². The molecule has 0 saturated carbocycles. The topological polar surface area (TPSA) is 61.9 Å². The highest BCUT2D eigenvalue weighted by Gasteiger charge is 2.20. The van der Waals surface area contributed by atoms with E-state index in [-0.39, 0.29) is 23.4 Å². The first kappa shape index (κ1) is 21.3. The average Bonchev–Trinajstić information content (AvgIpc) is 3.20. The molecular weight excluding hydrogens is 391 g/mol. The number of hydrogen-bond donors (Lipinski definition) is 0. The highest BCUT2D eigenvalue weighted by atomic mass is 32.2. The maximum absolute atomic E-state index is 13.1. The fourth-order valence-corrected chi connectivity index (χ4v) is 4.35. The van der Waals surface area contributed by atoms with Gasteiger partial charge in [-0.3, -0.25) is 4.79 Å². The summed E-state index contributed by atoms with van der Waals surface area (Å²) in [4.78, 5) is 12.8. The highest BCUT2D eigenvalue weighted by molar-refractivity contribution is 7.99. The van der Waals surface area contributed by atoms with Crippen LogP contribution in [-0.4, -0.2) is 44.6 Å². The fraction of sp³-hybridized carbons (Fsp3) is 0.381. The van der Waals surface area contributed by atoms with Crippen molar-refractivity contribution in [3.8, 4) is 11.4 Å². The molecule has 0 saturated heterocycles. The predicted molar refractivity (Wildman–Crippen MR) is 112 cm³/mol. The molecule has 0 bridgehead atoms. The second-order valence-corrected chi connectivity index (χ2v) is 7.99. The normalized spacial score (nSPS) is 12.3. The SMILES string of the molecule is COCC(C)n1c(C)cc(C(=O)CSc2nnc(-c3ccc(F)cc3)n2C)c1C. The van der Waals surface area contributed by atoms with Crippen molar-refractivity contribution in [2.24, 2.45) is 7.05 Å². The number of carbonyl (C=O) groups is 1. The van der Waals surface area contributed by atoms with Crippen molar-refractivity contribution in [1.82, 2.24) is 19.3 Å². The second-order valence-electron chi connectivity index (χ2n) is 7.04. The number of nitrogens with zero attached hydrogens (tertiary/aromatic N) is 4. The Morgan fingerprint density at radius 1 is 1.24 bits per heavy atom. The van der Waals surface area contributed by atoms with Crippen LogP contribution in [0.25, 0.3) is 11.4 Å². The molecule has 0 fully saturated rings. The van der Waals surface area contributed by atoms with E-state index in [1.165, 1.54) is 23.9 Å². The third-order valence-corrected chi connectivity index (χ3v) is 5.92. The number of methoxy groups -OCH3 is 1. The van der Waals surface area contributed by atoms with Gasteiger partial charge in [-0.15, -0.1) is 10.2 Å². The number of rotatable bonds is 8. The van der Waals surface area contributed by atoms with Crippen molar-refractivity contribution < 1.29 is 13.9 Å². The molecule has 154 valence electrons.